The Hall–Kier alpha value is -5.70. The smallest absolute Gasteiger partial charge is 0.179 e. The van der Waals surface area contributed by atoms with Gasteiger partial charge in [0.2, 0.25) is 0 Å². The minimum atomic E-state index is -0.481. The number of aromatic nitrogens is 2. The molecule has 2 aromatic heterocycles. The highest BCUT2D eigenvalue weighted by atomic mass is 35.5. The van der Waals surface area contributed by atoms with E-state index in [4.69, 9.17) is 157 Å². The minimum absolute atomic E-state index is 0.0102. The Balaban J connectivity index is 0.000000108. The van der Waals surface area contributed by atoms with Gasteiger partial charge in [0.05, 0.1) is 164 Å². The largest absolute Gasteiger partial charge is 0.393 e. The summed E-state index contributed by atoms with van der Waals surface area (Å²) in [6.07, 6.45) is 11.6. The van der Waals surface area contributed by atoms with E-state index in [1.165, 1.54) is 0 Å². The van der Waals surface area contributed by atoms with E-state index in [0.29, 0.717) is 229 Å². The van der Waals surface area contributed by atoms with E-state index >= 15 is 0 Å². The Morgan fingerprint density at radius 2 is 0.729 bits per heavy atom. The van der Waals surface area contributed by atoms with Crippen LogP contribution in [0, 0.1) is 76.9 Å². The Morgan fingerprint density at radius 1 is 0.395 bits per heavy atom. The molecule has 9 aliphatic heterocycles. The molecule has 9 saturated heterocycles. The normalized spacial score (nSPS) is 29.5. The standard InChI is InChI=1S/C23H25Cl2NO5.C17H20O4.C15H16O3.C13H10Cl3NO.C10H10Cl2O.C10H16O4.C10H14O4/c24-18-2-1-3-19(25)20(18)21-17(22(31-26-21)13-4-5-13)12-28-16-8-14-10-27-11-15(9-16)23(14)29-6-7-30-23;18-16(12-4-2-1-3-5-12)13-8-14-10-19-11-15(9-13)17(14)20-6-7-21-17;16-14(10-4-2-1-3-5-10)11-6-12-8-18-9-13(7-11)15(12)17;14-6-8-12(17-18-13(8)7-4-5-7)11-9(15)2-1-3-10(11)16;11-6-9(7-12)10(13)8-4-2-1-3-5-8;2*11-9-3-7-5-12-6-8(4-9)10(7)13-1-2-14-10/h1-3,13-16H,4-12H2;1-5,13-15H,6-11H2;1-5,11-13H,6-9H2;1-3,7H,4-6H2;1-5,9H,6-7H2;7-9,11H,1-6H2;7-8H,1-6H2. The zero-order valence-electron chi connectivity index (χ0n) is 72.0. The van der Waals surface area contributed by atoms with E-state index in [2.05, 4.69) is 10.3 Å². The topological polar surface area (TPSA) is 287 Å². The molecular weight excluding hydrogens is 1810 g/mol. The number of fused-ring (bicyclic) bond motifs is 2. The van der Waals surface area contributed by atoms with Gasteiger partial charge in [0, 0.05) is 152 Å². The van der Waals surface area contributed by atoms with Crippen LogP contribution in [0.4, 0.5) is 0 Å². The van der Waals surface area contributed by atoms with Crippen LogP contribution < -0.4 is 0 Å². The summed E-state index contributed by atoms with van der Waals surface area (Å²) in [5.74, 6) is 3.82. The molecule has 16 aliphatic rings. The molecule has 7 aliphatic carbocycles. The Labute approximate surface area is 786 Å². The van der Waals surface area contributed by atoms with E-state index in [9.17, 15) is 29.1 Å². The first-order valence-electron chi connectivity index (χ1n) is 45.5. The second-order valence-corrected chi connectivity index (χ2v) is 38.9. The van der Waals surface area contributed by atoms with Crippen LogP contribution in [0.25, 0.3) is 22.5 Å². The maximum absolute atomic E-state index is 12.7. The number of hydrogen-bond donors (Lipinski definition) is 1. The van der Waals surface area contributed by atoms with E-state index in [-0.39, 0.29) is 118 Å². The SMILES string of the molecule is ClCc1c(-c2c(Cl)cccc2Cl)noc1C1CC1.Clc1cccc(Cl)c1-c1noc(C2CC2)c1COC1CC2COCC(C1)C21OCCO1.O=C(c1ccccc1)C(CCl)CCl.O=C(c1ccccc1)C1CC2COCC(C1)C21OCCO1.O=C(c1ccccc1)C1CC2COCC(C1)C2=O.O=C1CC2COCC(C1)C21OCCO1.OC1CC2COCC(C1)C21OCCO1. The molecule has 694 valence electrons. The number of aliphatic hydroxyl groups excluding tert-OH is 1. The molecule has 10 unspecified atom stereocenters. The molecule has 10 atom stereocenters. The van der Waals surface area contributed by atoms with E-state index < -0.39 is 23.1 Å². The molecule has 5 aromatic carbocycles. The lowest BCUT2D eigenvalue weighted by atomic mass is 9.68. The monoisotopic (exact) mass is 1910 g/mol. The summed E-state index contributed by atoms with van der Waals surface area (Å²) < 4.78 is 92.7. The molecule has 4 spiro atoms. The summed E-state index contributed by atoms with van der Waals surface area (Å²) in [7, 11) is 0. The predicted molar refractivity (Wildman–Crippen MR) is 480 cm³/mol. The number of nitrogens with zero attached hydrogens (tertiary/aromatic N) is 2. The van der Waals surface area contributed by atoms with Crippen molar-refractivity contribution >= 4 is 110 Å². The van der Waals surface area contributed by atoms with Gasteiger partial charge in [-0.2, -0.15) is 0 Å². The summed E-state index contributed by atoms with van der Waals surface area (Å²) in [6, 6.07) is 38.9. The van der Waals surface area contributed by atoms with Crippen molar-refractivity contribution in [1.29, 1.82) is 0 Å². The van der Waals surface area contributed by atoms with Crippen molar-refractivity contribution in [3.63, 3.8) is 0 Å². The zero-order chi connectivity index (χ0) is 89.4. The van der Waals surface area contributed by atoms with Gasteiger partial charge in [-0.15, -0.1) is 34.8 Å². The summed E-state index contributed by atoms with van der Waals surface area (Å²) >= 11 is 42.6. The van der Waals surface area contributed by atoms with Gasteiger partial charge in [-0.05, 0) is 101 Å². The number of hydrogen-bond acceptors (Lipinski definition) is 24. The third-order valence-electron chi connectivity index (χ3n) is 28.1. The van der Waals surface area contributed by atoms with Crippen LogP contribution in [-0.4, -0.2) is 210 Å². The molecule has 1 N–H and O–H groups in total. The van der Waals surface area contributed by atoms with Crippen molar-refractivity contribution in [2.45, 2.75) is 150 Å². The van der Waals surface area contributed by atoms with Crippen molar-refractivity contribution in [2.24, 2.45) is 76.9 Å². The van der Waals surface area contributed by atoms with Crippen molar-refractivity contribution in [2.75, 3.05) is 131 Å². The highest BCUT2D eigenvalue weighted by Crippen LogP contribution is 2.55. The zero-order valence-corrected chi connectivity index (χ0v) is 77.2. The van der Waals surface area contributed by atoms with E-state index in [1.807, 2.05) is 97.1 Å². The number of ketones is 5. The fourth-order valence-corrected chi connectivity index (χ4v) is 23.6. The highest BCUT2D eigenvalue weighted by molar-refractivity contribution is 6.40. The molecule has 11 heterocycles. The molecule has 31 heteroatoms. The molecule has 10 bridgehead atoms. The number of Topliss-reactive ketones (excluding diaryl/α,β-unsaturated/α-hetero) is 5. The number of halogens is 7. The molecule has 7 aromatic rings. The molecule has 24 nitrogen and oxygen atoms in total. The maximum Gasteiger partial charge on any atom is 0.179 e. The van der Waals surface area contributed by atoms with Crippen molar-refractivity contribution in [1.82, 2.24) is 10.3 Å². The molecular formula is C98H111Cl7N2O22. The fraction of sp³-hybridized carbons (Fsp3) is 0.582. The van der Waals surface area contributed by atoms with Crippen LogP contribution in [0.3, 0.4) is 0 Å². The van der Waals surface area contributed by atoms with Crippen LogP contribution >= 0.6 is 81.2 Å². The fourth-order valence-electron chi connectivity index (χ4n) is 21.6. The molecule has 7 saturated carbocycles. The molecule has 129 heavy (non-hydrogen) atoms. The van der Waals surface area contributed by atoms with Gasteiger partial charge in [-0.3, -0.25) is 24.0 Å². The Morgan fingerprint density at radius 3 is 1.11 bits per heavy atom. The van der Waals surface area contributed by atoms with Crippen molar-refractivity contribution in [3.8, 4) is 22.5 Å². The first kappa shape index (κ1) is 95.0. The second-order valence-electron chi connectivity index (χ2n) is 36.4. The number of benzene rings is 5. The van der Waals surface area contributed by atoms with Gasteiger partial charge < -0.3 is 80.5 Å². The van der Waals surface area contributed by atoms with Gasteiger partial charge in [0.15, 0.2) is 40.5 Å². The minimum Gasteiger partial charge on any atom is -0.393 e. The second kappa shape index (κ2) is 43.1. The Bertz CT molecular complexity index is 4830. The summed E-state index contributed by atoms with van der Waals surface area (Å²) in [5, 5.41) is 20.4. The predicted octanol–water partition coefficient (Wildman–Crippen LogP) is 18.3. The van der Waals surface area contributed by atoms with Gasteiger partial charge >= 0.3 is 0 Å². The van der Waals surface area contributed by atoms with E-state index in [1.54, 1.807) is 30.3 Å². The number of carbonyl (C=O) groups excluding carboxylic acids is 5. The van der Waals surface area contributed by atoms with Gasteiger partial charge in [-0.1, -0.05) is 160 Å². The van der Waals surface area contributed by atoms with Gasteiger partial charge in [-0.25, -0.2) is 0 Å². The van der Waals surface area contributed by atoms with Crippen molar-refractivity contribution in [3.05, 3.63) is 187 Å². The first-order chi connectivity index (χ1) is 62.8. The Kier molecular flexibility index (Phi) is 31.8. The molecule has 16 fully saturated rings. The average molecular weight is 1920 g/mol. The summed E-state index contributed by atoms with van der Waals surface area (Å²) in [5.41, 5.74) is 6.89. The van der Waals surface area contributed by atoms with Crippen LogP contribution in [0.15, 0.2) is 136 Å². The van der Waals surface area contributed by atoms with Crippen LogP contribution in [0.1, 0.15) is 155 Å². The number of ether oxygens (including phenoxy) is 14. The summed E-state index contributed by atoms with van der Waals surface area (Å²) in [6.45, 7) is 11.8. The van der Waals surface area contributed by atoms with Gasteiger partial charge in [0.1, 0.15) is 34.5 Å². The number of aliphatic hydroxyl groups is 1. The van der Waals surface area contributed by atoms with E-state index in [0.717, 1.165) is 98.0 Å². The van der Waals surface area contributed by atoms with Gasteiger partial charge in [0.25, 0.3) is 0 Å². The molecule has 0 amide bonds. The van der Waals surface area contributed by atoms with Crippen LogP contribution in [-0.2, 0) is 88.4 Å². The van der Waals surface area contributed by atoms with Crippen LogP contribution in [0.5, 0.6) is 0 Å². The number of rotatable bonds is 16. The first-order valence-corrected chi connectivity index (χ1v) is 48.6. The number of carbonyl (C=O) groups is 5. The lowest BCUT2D eigenvalue weighted by Crippen LogP contribution is -2.58. The maximum atomic E-state index is 12.7. The third kappa shape index (κ3) is 20.9. The number of alkyl halides is 3. The third-order valence-corrected chi connectivity index (χ3v) is 30.4. The highest BCUT2D eigenvalue weighted by Gasteiger charge is 2.61. The summed E-state index contributed by atoms with van der Waals surface area (Å²) in [4.78, 5) is 60.1. The van der Waals surface area contributed by atoms with Crippen molar-refractivity contribution < 1.29 is 104 Å². The molecule has 23 rings (SSSR count). The van der Waals surface area contributed by atoms with Crippen LogP contribution in [0.2, 0.25) is 20.1 Å². The quantitative estimate of drug-likeness (QED) is 0.0694. The average Bonchev–Trinajstić information content (AvgIpc) is 1.72. The lowest BCUT2D eigenvalue weighted by Gasteiger charge is -2.50. The molecule has 0 radical (unpaired) electrons. The lowest BCUT2D eigenvalue weighted by molar-refractivity contribution is -0.301.